The summed E-state index contributed by atoms with van der Waals surface area (Å²) in [5, 5.41) is 0. The van der Waals surface area contributed by atoms with Gasteiger partial charge in [0, 0.05) is 26.3 Å². The average Bonchev–Trinajstić information content (AvgIpc) is 2.52. The van der Waals surface area contributed by atoms with Crippen LogP contribution in [0.15, 0.2) is 18.2 Å². The van der Waals surface area contributed by atoms with Crippen LogP contribution in [0.3, 0.4) is 0 Å². The van der Waals surface area contributed by atoms with E-state index in [2.05, 4.69) is 0 Å². The van der Waals surface area contributed by atoms with Crippen molar-refractivity contribution in [3.8, 4) is 5.75 Å². The number of carbonyl (C=O) groups excluding carboxylic acids is 1. The second kappa shape index (κ2) is 8.18. The molecule has 1 aliphatic rings. The van der Waals surface area contributed by atoms with Crippen molar-refractivity contribution in [1.82, 2.24) is 4.90 Å². The molecular weight excluding hydrogens is 278 g/mol. The molecule has 0 aromatic heterocycles. The number of likely N-dealkylation sites (tertiary alicyclic amines) is 1. The van der Waals surface area contributed by atoms with Gasteiger partial charge >= 0.3 is 0 Å². The lowest BCUT2D eigenvalue weighted by molar-refractivity contribution is -0.135. The molecule has 1 heterocycles. The van der Waals surface area contributed by atoms with Gasteiger partial charge in [-0.25, -0.2) is 0 Å². The fourth-order valence-corrected chi connectivity index (χ4v) is 2.89. The lowest BCUT2D eigenvalue weighted by atomic mass is 9.98. The molecule has 0 saturated carbocycles. The fourth-order valence-electron chi connectivity index (χ4n) is 2.89. The number of rotatable bonds is 6. The second-order valence-electron chi connectivity index (χ2n) is 5.99. The number of para-hydroxylation sites is 1. The highest BCUT2D eigenvalue weighted by atomic mass is 16.5. The lowest BCUT2D eigenvalue weighted by Gasteiger charge is -2.31. The predicted molar refractivity (Wildman–Crippen MR) is 87.2 cm³/mol. The molecule has 1 aromatic carbocycles. The van der Waals surface area contributed by atoms with Gasteiger partial charge in [0.15, 0.2) is 6.61 Å². The third-order valence-electron chi connectivity index (χ3n) is 4.27. The first-order valence-corrected chi connectivity index (χ1v) is 8.16. The Morgan fingerprint density at radius 3 is 2.45 bits per heavy atom. The Morgan fingerprint density at radius 2 is 1.86 bits per heavy atom. The van der Waals surface area contributed by atoms with Crippen LogP contribution in [-0.4, -0.2) is 43.7 Å². The summed E-state index contributed by atoms with van der Waals surface area (Å²) >= 11 is 0. The molecule has 0 aliphatic carbocycles. The van der Waals surface area contributed by atoms with Gasteiger partial charge in [0.1, 0.15) is 5.75 Å². The van der Waals surface area contributed by atoms with Crippen molar-refractivity contribution in [1.29, 1.82) is 0 Å². The van der Waals surface area contributed by atoms with Crippen LogP contribution in [0.2, 0.25) is 0 Å². The third kappa shape index (κ3) is 4.47. The van der Waals surface area contributed by atoms with E-state index >= 15 is 0 Å². The van der Waals surface area contributed by atoms with E-state index in [9.17, 15) is 4.79 Å². The molecule has 22 heavy (non-hydrogen) atoms. The Morgan fingerprint density at radius 1 is 1.23 bits per heavy atom. The molecule has 0 radical (unpaired) electrons. The van der Waals surface area contributed by atoms with E-state index in [0.29, 0.717) is 5.92 Å². The van der Waals surface area contributed by atoms with E-state index in [1.165, 1.54) is 0 Å². The van der Waals surface area contributed by atoms with Crippen molar-refractivity contribution in [3.05, 3.63) is 29.3 Å². The standard InChI is InChI=1S/C18H27NO3/c1-4-21-12-16-8-10-19(11-9-16)17(20)13-22-18-14(2)6-5-7-15(18)3/h5-7,16H,4,8-13H2,1-3H3. The smallest absolute Gasteiger partial charge is 0.260 e. The molecule has 2 rings (SSSR count). The highest BCUT2D eigenvalue weighted by Gasteiger charge is 2.23. The van der Waals surface area contributed by atoms with E-state index in [1.807, 2.05) is 43.9 Å². The van der Waals surface area contributed by atoms with E-state index in [-0.39, 0.29) is 12.5 Å². The highest BCUT2D eigenvalue weighted by Crippen LogP contribution is 2.23. The van der Waals surface area contributed by atoms with Crippen LogP contribution in [-0.2, 0) is 9.53 Å². The van der Waals surface area contributed by atoms with Crippen LogP contribution in [0.4, 0.5) is 0 Å². The largest absolute Gasteiger partial charge is 0.483 e. The maximum atomic E-state index is 12.3. The summed E-state index contributed by atoms with van der Waals surface area (Å²) in [5.74, 6) is 1.50. The second-order valence-corrected chi connectivity index (χ2v) is 5.99. The summed E-state index contributed by atoms with van der Waals surface area (Å²) in [6, 6.07) is 6.01. The first-order valence-electron chi connectivity index (χ1n) is 8.16. The minimum absolute atomic E-state index is 0.0810. The van der Waals surface area contributed by atoms with E-state index < -0.39 is 0 Å². The monoisotopic (exact) mass is 305 g/mol. The van der Waals surface area contributed by atoms with Crippen molar-refractivity contribution in [2.45, 2.75) is 33.6 Å². The molecule has 0 unspecified atom stereocenters. The molecule has 0 spiro atoms. The summed E-state index contributed by atoms with van der Waals surface area (Å²) in [4.78, 5) is 14.2. The van der Waals surface area contributed by atoms with Gasteiger partial charge in [-0.15, -0.1) is 0 Å². The van der Waals surface area contributed by atoms with Crippen molar-refractivity contribution < 1.29 is 14.3 Å². The zero-order valence-corrected chi connectivity index (χ0v) is 13.9. The van der Waals surface area contributed by atoms with Gasteiger partial charge in [-0.1, -0.05) is 18.2 Å². The lowest BCUT2D eigenvalue weighted by Crippen LogP contribution is -2.41. The zero-order valence-electron chi connectivity index (χ0n) is 13.9. The molecule has 122 valence electrons. The normalized spacial score (nSPS) is 15.9. The Balaban J connectivity index is 1.79. The summed E-state index contributed by atoms with van der Waals surface area (Å²) in [7, 11) is 0. The number of piperidine rings is 1. The van der Waals surface area contributed by atoms with Crippen LogP contribution in [0.25, 0.3) is 0 Å². The summed E-state index contributed by atoms with van der Waals surface area (Å²) in [5.41, 5.74) is 2.14. The Kier molecular flexibility index (Phi) is 6.25. The van der Waals surface area contributed by atoms with Gasteiger partial charge in [-0.05, 0) is 50.7 Å². The quantitative estimate of drug-likeness (QED) is 0.811. The molecule has 1 fully saturated rings. The van der Waals surface area contributed by atoms with Gasteiger partial charge in [0.05, 0.1) is 0 Å². The summed E-state index contributed by atoms with van der Waals surface area (Å²) in [6.45, 7) is 9.36. The van der Waals surface area contributed by atoms with E-state index in [0.717, 1.165) is 56.0 Å². The van der Waals surface area contributed by atoms with E-state index in [4.69, 9.17) is 9.47 Å². The van der Waals surface area contributed by atoms with Gasteiger partial charge in [-0.2, -0.15) is 0 Å². The van der Waals surface area contributed by atoms with Crippen molar-refractivity contribution in [2.75, 3.05) is 32.9 Å². The average molecular weight is 305 g/mol. The van der Waals surface area contributed by atoms with Gasteiger partial charge in [0.25, 0.3) is 5.91 Å². The number of benzene rings is 1. The van der Waals surface area contributed by atoms with Crippen LogP contribution in [0, 0.1) is 19.8 Å². The van der Waals surface area contributed by atoms with Gasteiger partial charge < -0.3 is 14.4 Å². The molecule has 1 saturated heterocycles. The number of carbonyl (C=O) groups is 1. The fraction of sp³-hybridized carbons (Fsp3) is 0.611. The van der Waals surface area contributed by atoms with E-state index in [1.54, 1.807) is 0 Å². The number of nitrogens with zero attached hydrogens (tertiary/aromatic N) is 1. The Labute approximate surface area is 133 Å². The predicted octanol–water partition coefficient (Wildman–Crippen LogP) is 2.96. The Bertz CT molecular complexity index is 473. The molecular formula is C18H27NO3. The summed E-state index contributed by atoms with van der Waals surface area (Å²) in [6.07, 6.45) is 2.05. The minimum Gasteiger partial charge on any atom is -0.483 e. The molecule has 0 atom stereocenters. The van der Waals surface area contributed by atoms with Crippen LogP contribution in [0.1, 0.15) is 30.9 Å². The number of amides is 1. The van der Waals surface area contributed by atoms with Crippen LogP contribution < -0.4 is 4.74 Å². The first-order chi connectivity index (χ1) is 10.6. The third-order valence-corrected chi connectivity index (χ3v) is 4.27. The molecule has 1 amide bonds. The molecule has 1 aliphatic heterocycles. The Hall–Kier alpha value is -1.55. The highest BCUT2D eigenvalue weighted by molar-refractivity contribution is 5.78. The summed E-state index contributed by atoms with van der Waals surface area (Å²) < 4.78 is 11.2. The molecule has 1 aromatic rings. The van der Waals surface area contributed by atoms with Crippen molar-refractivity contribution in [3.63, 3.8) is 0 Å². The minimum atomic E-state index is 0.0810. The first kappa shape index (κ1) is 16.8. The van der Waals surface area contributed by atoms with Crippen LogP contribution in [0.5, 0.6) is 5.75 Å². The van der Waals surface area contributed by atoms with Crippen molar-refractivity contribution in [2.24, 2.45) is 5.92 Å². The molecule has 4 heteroatoms. The maximum Gasteiger partial charge on any atom is 0.260 e. The SMILES string of the molecule is CCOCC1CCN(C(=O)COc2c(C)cccc2C)CC1. The zero-order chi connectivity index (χ0) is 15.9. The maximum absolute atomic E-state index is 12.3. The number of hydrogen-bond donors (Lipinski definition) is 0. The number of aryl methyl sites for hydroxylation is 2. The number of hydrogen-bond acceptors (Lipinski definition) is 3. The molecule has 4 nitrogen and oxygen atoms in total. The van der Waals surface area contributed by atoms with Gasteiger partial charge in [-0.3, -0.25) is 4.79 Å². The van der Waals surface area contributed by atoms with Crippen LogP contribution >= 0.6 is 0 Å². The molecule has 0 bridgehead atoms. The number of ether oxygens (including phenoxy) is 2. The van der Waals surface area contributed by atoms with Gasteiger partial charge in [0.2, 0.25) is 0 Å². The topological polar surface area (TPSA) is 38.8 Å². The molecule has 0 N–H and O–H groups in total. The van der Waals surface area contributed by atoms with Crippen molar-refractivity contribution >= 4 is 5.91 Å².